The molecular formula is C10H14BrN7O2. The van der Waals surface area contributed by atoms with Crippen LogP contribution in [0.4, 0.5) is 5.69 Å². The topological polar surface area (TPSA) is 111 Å². The van der Waals surface area contributed by atoms with E-state index in [2.05, 4.69) is 47.0 Å². The molecule has 0 spiro atoms. The molecule has 20 heavy (non-hydrogen) atoms. The van der Waals surface area contributed by atoms with Crippen molar-refractivity contribution < 1.29 is 4.74 Å². The van der Waals surface area contributed by atoms with Crippen LogP contribution < -0.4 is 10.9 Å². The summed E-state index contributed by atoms with van der Waals surface area (Å²) < 4.78 is 6.66. The first kappa shape index (κ1) is 14.6. The number of aromatic amines is 1. The lowest BCUT2D eigenvalue weighted by molar-refractivity contribution is 0.181. The average molecular weight is 344 g/mol. The molecule has 2 aromatic heterocycles. The summed E-state index contributed by atoms with van der Waals surface area (Å²) in [4.78, 5) is 12.1. The van der Waals surface area contributed by atoms with Gasteiger partial charge in [-0.15, -0.1) is 10.2 Å². The number of anilines is 1. The van der Waals surface area contributed by atoms with E-state index in [-0.39, 0.29) is 11.6 Å². The van der Waals surface area contributed by atoms with Gasteiger partial charge in [-0.3, -0.25) is 4.79 Å². The first-order valence-corrected chi connectivity index (χ1v) is 6.67. The van der Waals surface area contributed by atoms with Crippen LogP contribution in [-0.4, -0.2) is 44.1 Å². The Balaban J connectivity index is 2.17. The Labute approximate surface area is 122 Å². The minimum absolute atomic E-state index is 0.207. The third-order valence-corrected chi connectivity index (χ3v) is 3.38. The molecule has 0 saturated heterocycles. The number of rotatable bonds is 6. The summed E-state index contributed by atoms with van der Waals surface area (Å²) in [7, 11) is 1.57. The highest BCUT2D eigenvalue weighted by atomic mass is 79.9. The summed E-state index contributed by atoms with van der Waals surface area (Å²) in [6.45, 7) is 2.67. The molecule has 0 bridgehead atoms. The maximum Gasteiger partial charge on any atom is 0.283 e. The van der Waals surface area contributed by atoms with Crippen LogP contribution >= 0.6 is 15.9 Å². The van der Waals surface area contributed by atoms with E-state index in [0.29, 0.717) is 29.1 Å². The van der Waals surface area contributed by atoms with Gasteiger partial charge in [0.2, 0.25) is 0 Å². The van der Waals surface area contributed by atoms with Crippen molar-refractivity contribution in [3.8, 4) is 0 Å². The molecule has 0 aromatic carbocycles. The molecule has 10 heteroatoms. The van der Waals surface area contributed by atoms with Gasteiger partial charge in [-0.1, -0.05) is 5.21 Å². The highest BCUT2D eigenvalue weighted by molar-refractivity contribution is 9.10. The van der Waals surface area contributed by atoms with Crippen molar-refractivity contribution >= 4 is 21.6 Å². The molecule has 0 aliphatic carbocycles. The SMILES string of the molecule is COCCn1ncc(NC(C)c2nn[nH]n2)c(Br)c1=O. The fraction of sp³-hybridized carbons (Fsp3) is 0.500. The van der Waals surface area contributed by atoms with Gasteiger partial charge >= 0.3 is 0 Å². The third kappa shape index (κ3) is 3.20. The number of tetrazole rings is 1. The number of nitrogens with one attached hydrogen (secondary N) is 2. The predicted octanol–water partition coefficient (Wildman–Crippen LogP) is 0.338. The summed E-state index contributed by atoms with van der Waals surface area (Å²) >= 11 is 3.27. The van der Waals surface area contributed by atoms with Crippen LogP contribution in [0.5, 0.6) is 0 Å². The number of hydrogen-bond acceptors (Lipinski definition) is 7. The molecule has 0 radical (unpaired) electrons. The Morgan fingerprint density at radius 1 is 1.60 bits per heavy atom. The van der Waals surface area contributed by atoms with Gasteiger partial charge in [0.25, 0.3) is 5.56 Å². The van der Waals surface area contributed by atoms with Gasteiger partial charge in [-0.2, -0.15) is 10.3 Å². The van der Waals surface area contributed by atoms with Crippen LogP contribution in [0.1, 0.15) is 18.8 Å². The Bertz CT molecular complexity index is 613. The van der Waals surface area contributed by atoms with Gasteiger partial charge in [0.15, 0.2) is 5.82 Å². The summed E-state index contributed by atoms with van der Waals surface area (Å²) in [6, 6.07) is -0.207. The zero-order valence-electron chi connectivity index (χ0n) is 11.0. The number of ether oxygens (including phenoxy) is 1. The van der Waals surface area contributed by atoms with Crippen LogP contribution in [0.25, 0.3) is 0 Å². The monoisotopic (exact) mass is 343 g/mol. The Kier molecular flexibility index (Phi) is 4.79. The summed E-state index contributed by atoms with van der Waals surface area (Å²) in [6.07, 6.45) is 1.57. The summed E-state index contributed by atoms with van der Waals surface area (Å²) in [5.41, 5.74) is 0.341. The van der Waals surface area contributed by atoms with Gasteiger partial charge in [0, 0.05) is 7.11 Å². The second kappa shape index (κ2) is 6.57. The van der Waals surface area contributed by atoms with Crippen molar-refractivity contribution in [2.45, 2.75) is 19.5 Å². The van der Waals surface area contributed by atoms with Crippen molar-refractivity contribution in [2.24, 2.45) is 0 Å². The number of H-pyrrole nitrogens is 1. The van der Waals surface area contributed by atoms with E-state index in [9.17, 15) is 4.79 Å². The van der Waals surface area contributed by atoms with Gasteiger partial charge in [-0.05, 0) is 22.9 Å². The van der Waals surface area contributed by atoms with E-state index in [1.165, 1.54) is 4.68 Å². The van der Waals surface area contributed by atoms with E-state index in [1.54, 1.807) is 13.3 Å². The largest absolute Gasteiger partial charge is 0.383 e. The second-order valence-corrected chi connectivity index (χ2v) is 4.82. The fourth-order valence-electron chi connectivity index (χ4n) is 1.55. The van der Waals surface area contributed by atoms with E-state index in [0.717, 1.165) is 0 Å². The maximum atomic E-state index is 12.1. The zero-order chi connectivity index (χ0) is 14.5. The molecule has 108 valence electrons. The maximum absolute atomic E-state index is 12.1. The highest BCUT2D eigenvalue weighted by Crippen LogP contribution is 2.20. The number of nitrogens with zero attached hydrogens (tertiary/aromatic N) is 5. The summed E-state index contributed by atoms with van der Waals surface area (Å²) in [5.74, 6) is 0.500. The van der Waals surface area contributed by atoms with Crippen molar-refractivity contribution in [3.05, 3.63) is 26.8 Å². The summed E-state index contributed by atoms with van der Waals surface area (Å²) in [5, 5.41) is 20.8. The van der Waals surface area contributed by atoms with E-state index in [1.807, 2.05) is 6.92 Å². The Hall–Kier alpha value is -1.81. The molecule has 1 unspecified atom stereocenters. The standard InChI is InChI=1S/C10H14BrN7O2/c1-6(9-14-16-17-15-9)13-7-5-12-18(3-4-20-2)10(19)8(7)11/h5-6,13H,3-4H2,1-2H3,(H,14,15,16,17). The average Bonchev–Trinajstić information content (AvgIpc) is 2.97. The van der Waals surface area contributed by atoms with E-state index >= 15 is 0 Å². The molecule has 0 aliphatic heterocycles. The molecule has 9 nitrogen and oxygen atoms in total. The normalized spacial score (nSPS) is 12.3. The van der Waals surface area contributed by atoms with Crippen molar-refractivity contribution in [1.82, 2.24) is 30.4 Å². The molecule has 1 atom stereocenters. The Morgan fingerprint density at radius 3 is 3.05 bits per heavy atom. The fourth-order valence-corrected chi connectivity index (χ4v) is 1.98. The van der Waals surface area contributed by atoms with Crippen LogP contribution in [0, 0.1) is 0 Å². The quantitative estimate of drug-likeness (QED) is 0.777. The minimum atomic E-state index is -0.229. The molecule has 0 fully saturated rings. The smallest absolute Gasteiger partial charge is 0.283 e. The van der Waals surface area contributed by atoms with Crippen molar-refractivity contribution in [1.29, 1.82) is 0 Å². The zero-order valence-corrected chi connectivity index (χ0v) is 12.6. The van der Waals surface area contributed by atoms with Crippen LogP contribution in [0.2, 0.25) is 0 Å². The first-order valence-electron chi connectivity index (χ1n) is 5.88. The van der Waals surface area contributed by atoms with Crippen LogP contribution in [-0.2, 0) is 11.3 Å². The first-order chi connectivity index (χ1) is 9.63. The molecule has 0 aliphatic rings. The lowest BCUT2D eigenvalue weighted by atomic mass is 10.3. The van der Waals surface area contributed by atoms with Crippen LogP contribution in [0.3, 0.4) is 0 Å². The number of aromatic nitrogens is 6. The predicted molar refractivity (Wildman–Crippen MR) is 74.3 cm³/mol. The number of halogens is 1. The number of methoxy groups -OCH3 is 1. The second-order valence-electron chi connectivity index (χ2n) is 4.03. The van der Waals surface area contributed by atoms with Gasteiger partial charge in [0.1, 0.15) is 4.47 Å². The highest BCUT2D eigenvalue weighted by Gasteiger charge is 2.14. The van der Waals surface area contributed by atoms with E-state index < -0.39 is 0 Å². The minimum Gasteiger partial charge on any atom is -0.383 e. The molecule has 0 amide bonds. The van der Waals surface area contributed by atoms with Gasteiger partial charge < -0.3 is 10.1 Å². The molecule has 2 heterocycles. The number of hydrogen-bond donors (Lipinski definition) is 2. The molecule has 2 rings (SSSR count). The lowest BCUT2D eigenvalue weighted by Crippen LogP contribution is -2.26. The molecular weight excluding hydrogens is 330 g/mol. The van der Waals surface area contributed by atoms with Gasteiger partial charge in [0.05, 0.1) is 31.1 Å². The molecule has 2 aromatic rings. The van der Waals surface area contributed by atoms with Crippen molar-refractivity contribution in [2.75, 3.05) is 19.0 Å². The molecule has 2 N–H and O–H groups in total. The van der Waals surface area contributed by atoms with E-state index in [4.69, 9.17) is 4.74 Å². The van der Waals surface area contributed by atoms with Gasteiger partial charge in [-0.25, -0.2) is 4.68 Å². The molecule has 0 saturated carbocycles. The lowest BCUT2D eigenvalue weighted by Gasteiger charge is -2.13. The van der Waals surface area contributed by atoms with Crippen LogP contribution in [0.15, 0.2) is 15.5 Å². The Morgan fingerprint density at radius 2 is 2.40 bits per heavy atom. The van der Waals surface area contributed by atoms with Crippen molar-refractivity contribution in [3.63, 3.8) is 0 Å². The third-order valence-electron chi connectivity index (χ3n) is 2.61.